The minimum absolute atomic E-state index is 0.0273. The highest BCUT2D eigenvalue weighted by Gasteiger charge is 2.55. The summed E-state index contributed by atoms with van der Waals surface area (Å²) in [4.78, 5) is 28.9. The number of fused-ring (bicyclic) bond motifs is 7. The molecule has 0 unspecified atom stereocenters. The average molecular weight is 855 g/mol. The van der Waals surface area contributed by atoms with Crippen molar-refractivity contribution in [2.45, 2.75) is 94.7 Å². The number of benzene rings is 4. The van der Waals surface area contributed by atoms with E-state index in [9.17, 15) is 36.4 Å². The number of aromatic nitrogens is 1. The number of aliphatic hydroxyl groups excluding tert-OH is 1. The fourth-order valence-corrected chi connectivity index (χ4v) is 12.6. The number of hydrogen-bond acceptors (Lipinski definition) is 8. The van der Waals surface area contributed by atoms with Crippen LogP contribution in [0.2, 0.25) is 0 Å². The Labute approximate surface area is 351 Å². The number of rotatable bonds is 12. The number of para-hydroxylation sites is 2. The molecule has 3 aliphatic rings. The first-order chi connectivity index (χ1) is 28.6. The molecule has 6 atom stereocenters. The highest BCUT2D eigenvalue weighted by atomic mass is 32.2. The molecule has 0 aliphatic heterocycles. The van der Waals surface area contributed by atoms with E-state index in [2.05, 4.69) is 12.2 Å². The van der Waals surface area contributed by atoms with Crippen molar-refractivity contribution >= 4 is 53.8 Å². The SMILES string of the molecule is Cc1ccc(S(=O)(=O)N(CCCC(=O)N[C@H]2C[C@@H]3[C@H](CC[C@]4(C)[C@@H](O)CC[C@@H]34)c3ccc(O)cc32)C(=O)c2c3ccccc3[n+](CCCS(=O)(=O)O)c3ccccc23)cc1. The van der Waals surface area contributed by atoms with Gasteiger partial charge in [0.25, 0.3) is 26.0 Å². The van der Waals surface area contributed by atoms with Gasteiger partial charge in [0, 0.05) is 31.5 Å². The van der Waals surface area contributed by atoms with Gasteiger partial charge in [-0.2, -0.15) is 13.0 Å². The Morgan fingerprint density at radius 1 is 0.867 bits per heavy atom. The van der Waals surface area contributed by atoms with Crippen LogP contribution in [0, 0.1) is 24.2 Å². The molecule has 4 N–H and O–H groups in total. The third kappa shape index (κ3) is 7.78. The molecule has 2 amide bonds. The summed E-state index contributed by atoms with van der Waals surface area (Å²) in [5.74, 6) is -0.609. The number of phenolic OH excluding ortho intramolecular Hbond substituents is 1. The Balaban J connectivity index is 1.09. The molecule has 316 valence electrons. The number of aromatic hydroxyl groups is 1. The lowest BCUT2D eigenvalue weighted by Gasteiger charge is -2.51. The summed E-state index contributed by atoms with van der Waals surface area (Å²) in [6.45, 7) is 3.93. The van der Waals surface area contributed by atoms with E-state index in [-0.39, 0.29) is 83.9 Å². The van der Waals surface area contributed by atoms with Crippen LogP contribution >= 0.6 is 0 Å². The zero-order valence-electron chi connectivity index (χ0n) is 33.8. The van der Waals surface area contributed by atoms with Crippen LogP contribution in [0.1, 0.15) is 97.3 Å². The maximum Gasteiger partial charge on any atom is 0.269 e. The van der Waals surface area contributed by atoms with Gasteiger partial charge in [-0.3, -0.25) is 14.1 Å². The van der Waals surface area contributed by atoms with Crippen LogP contribution in [0.5, 0.6) is 5.75 Å². The second kappa shape index (κ2) is 16.2. The summed E-state index contributed by atoms with van der Waals surface area (Å²) in [6, 6.07) is 25.3. The molecule has 5 aromatic rings. The Bertz CT molecular complexity index is 2650. The summed E-state index contributed by atoms with van der Waals surface area (Å²) in [5.41, 5.74) is 3.96. The first kappa shape index (κ1) is 41.8. The van der Waals surface area contributed by atoms with Crippen molar-refractivity contribution in [3.63, 3.8) is 0 Å². The van der Waals surface area contributed by atoms with Crippen LogP contribution < -0.4 is 9.88 Å². The molecule has 60 heavy (non-hydrogen) atoms. The number of hydrogen-bond donors (Lipinski definition) is 4. The van der Waals surface area contributed by atoms with Crippen molar-refractivity contribution in [1.29, 1.82) is 0 Å². The van der Waals surface area contributed by atoms with Crippen molar-refractivity contribution in [3.8, 4) is 5.75 Å². The summed E-state index contributed by atoms with van der Waals surface area (Å²) >= 11 is 0. The van der Waals surface area contributed by atoms with Gasteiger partial charge in [0.15, 0.2) is 6.54 Å². The number of sulfonamides is 1. The summed E-state index contributed by atoms with van der Waals surface area (Å²) in [5, 5.41) is 25.6. The number of pyridine rings is 1. The van der Waals surface area contributed by atoms with E-state index in [1.54, 1.807) is 72.8 Å². The second-order valence-corrected chi connectivity index (χ2v) is 20.6. The molecule has 0 saturated heterocycles. The minimum Gasteiger partial charge on any atom is -0.508 e. The fourth-order valence-electron chi connectivity index (χ4n) is 10.6. The number of aliphatic hydroxyl groups is 1. The molecule has 1 heterocycles. The normalized spacial score (nSPS) is 23.8. The molecular weight excluding hydrogens is 803 g/mol. The quantitative estimate of drug-likeness (QED) is 0.0602. The topological polar surface area (TPSA) is 182 Å². The molecule has 2 fully saturated rings. The van der Waals surface area contributed by atoms with Crippen molar-refractivity contribution in [2.24, 2.45) is 17.3 Å². The van der Waals surface area contributed by atoms with Crippen LogP contribution in [-0.2, 0) is 31.5 Å². The molecule has 0 spiro atoms. The number of aryl methyl sites for hydroxylation is 2. The number of carbonyl (C=O) groups is 2. The smallest absolute Gasteiger partial charge is 0.269 e. The molecule has 1 aromatic heterocycles. The Kier molecular flexibility index (Phi) is 11.3. The van der Waals surface area contributed by atoms with Crippen molar-refractivity contribution in [1.82, 2.24) is 9.62 Å². The highest BCUT2D eigenvalue weighted by molar-refractivity contribution is 7.89. The van der Waals surface area contributed by atoms with Gasteiger partial charge in [0.05, 0.1) is 39.1 Å². The lowest BCUT2D eigenvalue weighted by atomic mass is 9.54. The van der Waals surface area contributed by atoms with Crippen LogP contribution in [-0.4, -0.2) is 66.1 Å². The van der Waals surface area contributed by atoms with E-state index in [0.29, 0.717) is 34.1 Å². The Hall–Kier alpha value is -4.89. The van der Waals surface area contributed by atoms with Gasteiger partial charge >= 0.3 is 0 Å². The van der Waals surface area contributed by atoms with Gasteiger partial charge in [0.2, 0.25) is 16.9 Å². The van der Waals surface area contributed by atoms with Crippen molar-refractivity contribution in [2.75, 3.05) is 12.3 Å². The molecule has 14 heteroatoms. The fraction of sp³-hybridized carbons (Fsp3) is 0.413. The van der Waals surface area contributed by atoms with E-state index in [1.807, 2.05) is 17.6 Å². The van der Waals surface area contributed by atoms with Gasteiger partial charge in [-0.25, -0.2) is 12.7 Å². The monoisotopic (exact) mass is 854 g/mol. The van der Waals surface area contributed by atoms with E-state index in [0.717, 1.165) is 46.7 Å². The van der Waals surface area contributed by atoms with Crippen LogP contribution in [0.15, 0.2) is 95.9 Å². The number of phenols is 1. The van der Waals surface area contributed by atoms with Crippen LogP contribution in [0.25, 0.3) is 21.8 Å². The largest absolute Gasteiger partial charge is 0.508 e. The molecule has 0 bridgehead atoms. The number of amides is 2. The molecule has 3 aliphatic carbocycles. The Morgan fingerprint density at radius 3 is 2.20 bits per heavy atom. The molecule has 12 nitrogen and oxygen atoms in total. The summed E-state index contributed by atoms with van der Waals surface area (Å²) in [6.07, 6.45) is 3.88. The van der Waals surface area contributed by atoms with Crippen LogP contribution in [0.4, 0.5) is 0 Å². The summed E-state index contributed by atoms with van der Waals surface area (Å²) < 4.78 is 64.4. The van der Waals surface area contributed by atoms with Crippen molar-refractivity contribution in [3.05, 3.63) is 113 Å². The predicted octanol–water partition coefficient (Wildman–Crippen LogP) is 6.72. The molecular formula is C46H52N3O9S2+. The zero-order valence-corrected chi connectivity index (χ0v) is 35.5. The number of nitrogens with zero attached hydrogens (tertiary/aromatic N) is 2. The van der Waals surface area contributed by atoms with Gasteiger partial charge < -0.3 is 15.5 Å². The number of nitrogens with one attached hydrogen (secondary N) is 1. The molecule has 4 aromatic carbocycles. The molecule has 2 saturated carbocycles. The van der Waals surface area contributed by atoms with Crippen molar-refractivity contribution < 1.29 is 45.8 Å². The maximum atomic E-state index is 15.0. The average Bonchev–Trinajstić information content (AvgIpc) is 3.52. The first-order valence-corrected chi connectivity index (χ1v) is 23.8. The van der Waals surface area contributed by atoms with E-state index in [1.165, 1.54) is 12.1 Å². The van der Waals surface area contributed by atoms with E-state index in [4.69, 9.17) is 0 Å². The Morgan fingerprint density at radius 2 is 1.53 bits per heavy atom. The van der Waals surface area contributed by atoms with E-state index >= 15 is 4.79 Å². The third-order valence-corrected chi connectivity index (χ3v) is 16.2. The van der Waals surface area contributed by atoms with Gasteiger partial charge in [-0.05, 0) is 116 Å². The molecule has 8 rings (SSSR count). The zero-order chi connectivity index (χ0) is 42.6. The van der Waals surface area contributed by atoms with Gasteiger partial charge in [-0.1, -0.05) is 55.0 Å². The first-order valence-electron chi connectivity index (χ1n) is 20.8. The van der Waals surface area contributed by atoms with Gasteiger partial charge in [0.1, 0.15) is 5.75 Å². The highest BCUT2D eigenvalue weighted by Crippen LogP contribution is 2.62. The maximum absolute atomic E-state index is 15.0. The minimum atomic E-state index is -4.44. The molecule has 0 radical (unpaired) electrons. The standard InChI is InChI=1S/C46H51N3O9S2/c1-29-14-17-31(18-15-29)60(57,58)49(45(53)44-34-9-3-5-11-40(34)48(24-8-26-59(54,55)56)41-12-6-4-10-35(41)44)25-7-13-43(52)47-39-28-36-33(32-19-16-30(50)27-37(32)39)22-23-46(2)38(36)20-21-42(46)51/h3-6,9-12,14-19,27,33,36,38-39,42,51H,7-8,13,20-26,28H2,1-2H3,(H2-,47,50,52,54,55,56)/p+1/t33-,36-,38+,39+,42+,46+/m1/s1. The third-order valence-electron chi connectivity index (χ3n) is 13.6. The summed E-state index contributed by atoms with van der Waals surface area (Å²) in [7, 11) is -8.66. The lowest BCUT2D eigenvalue weighted by Crippen LogP contribution is -2.46. The predicted molar refractivity (Wildman–Crippen MR) is 227 cm³/mol. The second-order valence-electron chi connectivity index (χ2n) is 17.2. The van der Waals surface area contributed by atoms with Crippen LogP contribution in [0.3, 0.4) is 0 Å². The van der Waals surface area contributed by atoms with Gasteiger partial charge in [-0.15, -0.1) is 0 Å². The lowest BCUT2D eigenvalue weighted by molar-refractivity contribution is -0.645. The van der Waals surface area contributed by atoms with E-state index < -0.39 is 31.8 Å². The number of carbonyl (C=O) groups excluding carboxylic acids is 2.